The smallest absolute Gasteiger partial charge is 0.0546 e. The van der Waals surface area contributed by atoms with Gasteiger partial charge in [-0.1, -0.05) is 13.8 Å². The summed E-state index contributed by atoms with van der Waals surface area (Å²) in [7, 11) is 1.78. The molecule has 1 heterocycles. The number of hydrogen-bond acceptors (Lipinski definition) is 3. The number of nitrogens with one attached hydrogen (secondary N) is 2. The lowest BCUT2D eigenvalue weighted by Gasteiger charge is -2.33. The molecule has 0 bridgehead atoms. The van der Waals surface area contributed by atoms with Crippen LogP contribution in [-0.2, 0) is 4.74 Å². The van der Waals surface area contributed by atoms with E-state index in [1.807, 2.05) is 0 Å². The fourth-order valence-corrected chi connectivity index (χ4v) is 2.39. The number of methoxy groups -OCH3 is 1. The molecular weight excluding hydrogens is 200 g/mol. The normalized spacial score (nSPS) is 27.1. The summed E-state index contributed by atoms with van der Waals surface area (Å²) in [5.74, 6) is 0.676. The van der Waals surface area contributed by atoms with Gasteiger partial charge in [0.15, 0.2) is 0 Å². The van der Waals surface area contributed by atoms with Crippen LogP contribution in [0.2, 0.25) is 0 Å². The van der Waals surface area contributed by atoms with Crippen LogP contribution in [0.1, 0.15) is 46.5 Å². The first-order valence-corrected chi connectivity index (χ1v) is 6.45. The van der Waals surface area contributed by atoms with Gasteiger partial charge in [-0.05, 0) is 44.1 Å². The maximum Gasteiger partial charge on any atom is 0.0546 e. The van der Waals surface area contributed by atoms with Crippen LogP contribution < -0.4 is 10.9 Å². The van der Waals surface area contributed by atoms with Crippen LogP contribution in [0.3, 0.4) is 0 Å². The van der Waals surface area contributed by atoms with E-state index in [-0.39, 0.29) is 0 Å². The lowest BCUT2D eigenvalue weighted by atomic mass is 9.84. The monoisotopic (exact) mass is 226 g/mol. The highest BCUT2D eigenvalue weighted by molar-refractivity contribution is 5.11. The van der Waals surface area contributed by atoms with E-state index in [2.05, 4.69) is 37.8 Å². The molecule has 0 aromatic carbocycles. The molecule has 1 aliphatic rings. The largest absolute Gasteiger partial charge is 0.382 e. The minimum Gasteiger partial charge on any atom is -0.382 e. The Morgan fingerprint density at radius 1 is 1.38 bits per heavy atom. The van der Waals surface area contributed by atoms with Gasteiger partial charge in [-0.25, -0.2) is 5.43 Å². The van der Waals surface area contributed by atoms with Crippen LogP contribution in [0.5, 0.6) is 0 Å². The van der Waals surface area contributed by atoms with Crippen molar-refractivity contribution in [2.24, 2.45) is 5.92 Å². The summed E-state index contributed by atoms with van der Waals surface area (Å²) in [6, 6.07) is 0.572. The minimum absolute atomic E-state index is 0.355. The van der Waals surface area contributed by atoms with Gasteiger partial charge in [0.2, 0.25) is 0 Å². The van der Waals surface area contributed by atoms with Crippen molar-refractivity contribution in [3.8, 4) is 0 Å². The van der Waals surface area contributed by atoms with Crippen molar-refractivity contribution in [2.45, 2.75) is 58.6 Å². The molecule has 2 N–H and O–H groups in total. The zero-order valence-corrected chi connectivity index (χ0v) is 11.0. The van der Waals surface area contributed by atoms with Gasteiger partial charge in [0.05, 0.1) is 6.10 Å². The second-order valence-corrected chi connectivity index (χ2v) is 4.62. The molecule has 3 nitrogen and oxygen atoms in total. The van der Waals surface area contributed by atoms with E-state index >= 15 is 0 Å². The molecule has 0 saturated carbocycles. The minimum atomic E-state index is 0.355. The quantitative estimate of drug-likeness (QED) is 0.730. The van der Waals surface area contributed by atoms with E-state index in [0.29, 0.717) is 18.1 Å². The van der Waals surface area contributed by atoms with Crippen molar-refractivity contribution < 1.29 is 4.74 Å². The summed E-state index contributed by atoms with van der Waals surface area (Å²) in [5.41, 5.74) is 8.07. The maximum atomic E-state index is 5.30. The number of ether oxygens (including phenoxy) is 1. The van der Waals surface area contributed by atoms with Crippen LogP contribution in [0.25, 0.3) is 0 Å². The SMILES string of the molecule is CCC1NNC=C(CCC(C)OC)C1CC. The Morgan fingerprint density at radius 2 is 2.12 bits per heavy atom. The van der Waals surface area contributed by atoms with E-state index in [9.17, 15) is 0 Å². The predicted octanol–water partition coefficient (Wildman–Crippen LogP) is 2.60. The van der Waals surface area contributed by atoms with Gasteiger partial charge in [0.1, 0.15) is 0 Å². The molecular formula is C13H26N2O. The van der Waals surface area contributed by atoms with Gasteiger partial charge in [-0.2, -0.15) is 0 Å². The fourth-order valence-electron chi connectivity index (χ4n) is 2.39. The Bertz CT molecular complexity index is 228. The number of hydrogen-bond donors (Lipinski definition) is 2. The first-order chi connectivity index (χ1) is 7.72. The van der Waals surface area contributed by atoms with E-state index in [0.717, 1.165) is 12.8 Å². The summed E-state index contributed by atoms with van der Waals surface area (Å²) in [4.78, 5) is 0. The molecule has 94 valence electrons. The zero-order valence-electron chi connectivity index (χ0n) is 11.0. The predicted molar refractivity (Wildman–Crippen MR) is 67.9 cm³/mol. The molecule has 3 unspecified atom stereocenters. The molecule has 3 atom stereocenters. The summed E-state index contributed by atoms with van der Waals surface area (Å²) in [5, 5.41) is 0. The molecule has 1 rings (SSSR count). The van der Waals surface area contributed by atoms with Gasteiger partial charge in [0.25, 0.3) is 0 Å². The molecule has 0 aromatic heterocycles. The summed E-state index contributed by atoms with van der Waals surface area (Å²) in [6.07, 6.45) is 7.12. The van der Waals surface area contributed by atoms with Crippen molar-refractivity contribution in [3.05, 3.63) is 11.8 Å². The van der Waals surface area contributed by atoms with Crippen LogP contribution >= 0.6 is 0 Å². The topological polar surface area (TPSA) is 33.3 Å². The average Bonchev–Trinajstić information content (AvgIpc) is 2.34. The molecule has 3 heteroatoms. The van der Waals surface area contributed by atoms with Crippen molar-refractivity contribution >= 4 is 0 Å². The van der Waals surface area contributed by atoms with Crippen LogP contribution in [-0.4, -0.2) is 19.3 Å². The second-order valence-electron chi connectivity index (χ2n) is 4.62. The van der Waals surface area contributed by atoms with Gasteiger partial charge >= 0.3 is 0 Å². The zero-order chi connectivity index (χ0) is 12.0. The number of rotatable bonds is 6. The molecule has 0 aliphatic carbocycles. The highest BCUT2D eigenvalue weighted by atomic mass is 16.5. The molecule has 16 heavy (non-hydrogen) atoms. The Hall–Kier alpha value is -0.540. The van der Waals surface area contributed by atoms with Gasteiger partial charge in [-0.15, -0.1) is 0 Å². The Labute approximate surface area is 99.6 Å². The molecule has 0 radical (unpaired) electrons. The highest BCUT2D eigenvalue weighted by Crippen LogP contribution is 2.27. The first-order valence-electron chi connectivity index (χ1n) is 6.45. The van der Waals surface area contributed by atoms with Crippen LogP contribution in [0, 0.1) is 5.92 Å². The third-order valence-corrected chi connectivity index (χ3v) is 3.61. The Morgan fingerprint density at radius 3 is 2.69 bits per heavy atom. The average molecular weight is 226 g/mol. The Kier molecular flexibility index (Phi) is 5.85. The first kappa shape index (κ1) is 13.5. The molecule has 0 fully saturated rings. The van der Waals surface area contributed by atoms with Crippen molar-refractivity contribution in [3.63, 3.8) is 0 Å². The standard InChI is InChI=1S/C13H26N2O/c1-5-12-11(8-7-10(3)16-4)9-14-15-13(12)6-2/h9-10,12-15H,5-8H2,1-4H3. The lowest BCUT2D eigenvalue weighted by Crippen LogP contribution is -2.47. The molecule has 0 spiro atoms. The van der Waals surface area contributed by atoms with E-state index in [1.165, 1.54) is 18.4 Å². The van der Waals surface area contributed by atoms with Gasteiger partial charge in [0, 0.05) is 19.4 Å². The molecule has 0 amide bonds. The maximum absolute atomic E-state index is 5.30. The summed E-state index contributed by atoms with van der Waals surface area (Å²) in [6.45, 7) is 6.64. The molecule has 0 saturated heterocycles. The van der Waals surface area contributed by atoms with E-state index in [4.69, 9.17) is 4.74 Å². The Balaban J connectivity index is 2.52. The molecule has 1 aliphatic heterocycles. The van der Waals surface area contributed by atoms with Crippen molar-refractivity contribution in [1.29, 1.82) is 0 Å². The lowest BCUT2D eigenvalue weighted by molar-refractivity contribution is 0.110. The third-order valence-electron chi connectivity index (χ3n) is 3.61. The van der Waals surface area contributed by atoms with Crippen molar-refractivity contribution in [1.82, 2.24) is 10.9 Å². The van der Waals surface area contributed by atoms with E-state index < -0.39 is 0 Å². The third kappa shape index (κ3) is 3.49. The molecule has 0 aromatic rings. The number of hydrazine groups is 1. The van der Waals surface area contributed by atoms with Crippen LogP contribution in [0.4, 0.5) is 0 Å². The van der Waals surface area contributed by atoms with Crippen LogP contribution in [0.15, 0.2) is 11.8 Å². The summed E-state index contributed by atoms with van der Waals surface area (Å²) >= 11 is 0. The summed E-state index contributed by atoms with van der Waals surface area (Å²) < 4.78 is 5.30. The fraction of sp³-hybridized carbons (Fsp3) is 0.846. The van der Waals surface area contributed by atoms with Crippen molar-refractivity contribution in [2.75, 3.05) is 7.11 Å². The highest BCUT2D eigenvalue weighted by Gasteiger charge is 2.24. The van der Waals surface area contributed by atoms with E-state index in [1.54, 1.807) is 7.11 Å². The van der Waals surface area contributed by atoms with Gasteiger partial charge in [-0.3, -0.25) is 0 Å². The van der Waals surface area contributed by atoms with Gasteiger partial charge < -0.3 is 10.2 Å². The second kappa shape index (κ2) is 6.92.